The first-order valence-corrected chi connectivity index (χ1v) is 7.81. The van der Waals surface area contributed by atoms with E-state index in [1.807, 2.05) is 25.1 Å². The number of hydrogen-bond donors (Lipinski definition) is 3. The number of pyridine rings is 1. The lowest BCUT2D eigenvalue weighted by atomic mass is 10.1. The third-order valence-corrected chi connectivity index (χ3v) is 3.75. The van der Waals surface area contributed by atoms with Crippen LogP contribution in [0.4, 0.5) is 11.5 Å². The Kier molecular flexibility index (Phi) is 4.57. The first-order chi connectivity index (χ1) is 11.3. The number of nitrogens with one attached hydrogen (secondary N) is 3. The standard InChI is InChI=1S/C18H20N4O/c1-2-18(23)22-17-8-7-14(12-21-17)19-10-9-13-11-20-16-6-4-3-5-15(13)16/h3-8,11-12,19-20H,2,9-10H2,1H3,(H,21,22,23). The number of H-pyrrole nitrogens is 1. The van der Waals surface area contributed by atoms with Gasteiger partial charge in [0.15, 0.2) is 0 Å². The number of hydrogen-bond acceptors (Lipinski definition) is 3. The van der Waals surface area contributed by atoms with Crippen molar-refractivity contribution in [3.05, 3.63) is 54.4 Å². The van der Waals surface area contributed by atoms with Crippen molar-refractivity contribution in [1.82, 2.24) is 9.97 Å². The van der Waals surface area contributed by atoms with Crippen LogP contribution in [0.2, 0.25) is 0 Å². The van der Waals surface area contributed by atoms with E-state index in [-0.39, 0.29) is 5.91 Å². The van der Waals surface area contributed by atoms with E-state index in [0.717, 1.165) is 18.7 Å². The van der Waals surface area contributed by atoms with Gasteiger partial charge >= 0.3 is 0 Å². The molecule has 3 rings (SSSR count). The maximum atomic E-state index is 11.3. The van der Waals surface area contributed by atoms with Gasteiger partial charge in [-0.2, -0.15) is 0 Å². The highest BCUT2D eigenvalue weighted by Gasteiger charge is 2.03. The molecule has 5 heteroatoms. The summed E-state index contributed by atoms with van der Waals surface area (Å²) in [5, 5.41) is 7.36. The van der Waals surface area contributed by atoms with Crippen LogP contribution in [0.25, 0.3) is 10.9 Å². The molecule has 3 N–H and O–H groups in total. The summed E-state index contributed by atoms with van der Waals surface area (Å²) >= 11 is 0. The first-order valence-electron chi connectivity index (χ1n) is 7.81. The summed E-state index contributed by atoms with van der Waals surface area (Å²) in [5.41, 5.74) is 3.41. The number of anilines is 2. The lowest BCUT2D eigenvalue weighted by Crippen LogP contribution is -2.11. The fourth-order valence-electron chi connectivity index (χ4n) is 2.48. The monoisotopic (exact) mass is 308 g/mol. The maximum Gasteiger partial charge on any atom is 0.225 e. The van der Waals surface area contributed by atoms with Gasteiger partial charge < -0.3 is 15.6 Å². The number of rotatable bonds is 6. The van der Waals surface area contributed by atoms with Crippen molar-refractivity contribution in [3.8, 4) is 0 Å². The van der Waals surface area contributed by atoms with Gasteiger partial charge in [0.05, 0.1) is 11.9 Å². The van der Waals surface area contributed by atoms with E-state index >= 15 is 0 Å². The molecule has 23 heavy (non-hydrogen) atoms. The maximum absolute atomic E-state index is 11.3. The zero-order valence-corrected chi connectivity index (χ0v) is 13.1. The lowest BCUT2D eigenvalue weighted by molar-refractivity contribution is -0.115. The molecule has 1 amide bonds. The topological polar surface area (TPSA) is 69.8 Å². The van der Waals surface area contributed by atoms with Gasteiger partial charge in [-0.05, 0) is 30.2 Å². The number of carbonyl (C=O) groups is 1. The summed E-state index contributed by atoms with van der Waals surface area (Å²) in [5.74, 6) is 0.552. The van der Waals surface area contributed by atoms with E-state index in [1.165, 1.54) is 16.5 Å². The highest BCUT2D eigenvalue weighted by atomic mass is 16.1. The van der Waals surface area contributed by atoms with E-state index in [0.29, 0.717) is 12.2 Å². The predicted octanol–water partition coefficient (Wildman–Crippen LogP) is 3.57. The van der Waals surface area contributed by atoms with Crippen LogP contribution in [-0.2, 0) is 11.2 Å². The van der Waals surface area contributed by atoms with Crippen LogP contribution >= 0.6 is 0 Å². The summed E-state index contributed by atoms with van der Waals surface area (Å²) in [6, 6.07) is 12.0. The van der Waals surface area contributed by atoms with E-state index in [4.69, 9.17) is 0 Å². The number of para-hydroxylation sites is 1. The highest BCUT2D eigenvalue weighted by Crippen LogP contribution is 2.18. The summed E-state index contributed by atoms with van der Waals surface area (Å²) in [7, 11) is 0. The van der Waals surface area contributed by atoms with Gasteiger partial charge in [0, 0.05) is 30.1 Å². The van der Waals surface area contributed by atoms with Gasteiger partial charge in [-0.1, -0.05) is 25.1 Å². The molecule has 0 aliphatic carbocycles. The zero-order valence-electron chi connectivity index (χ0n) is 13.1. The number of amides is 1. The first kappa shape index (κ1) is 15.1. The van der Waals surface area contributed by atoms with Crippen molar-refractivity contribution in [2.75, 3.05) is 17.2 Å². The van der Waals surface area contributed by atoms with Crippen molar-refractivity contribution in [3.63, 3.8) is 0 Å². The van der Waals surface area contributed by atoms with E-state index in [2.05, 4.69) is 45.0 Å². The smallest absolute Gasteiger partial charge is 0.225 e. The minimum absolute atomic E-state index is 0.0301. The fourth-order valence-corrected chi connectivity index (χ4v) is 2.48. The Bertz CT molecular complexity index is 792. The Hall–Kier alpha value is -2.82. The number of carbonyl (C=O) groups excluding carboxylic acids is 1. The van der Waals surface area contributed by atoms with Crippen LogP contribution in [0, 0.1) is 0 Å². The molecule has 0 aliphatic heterocycles. The molecule has 0 aliphatic rings. The molecule has 2 aromatic heterocycles. The van der Waals surface area contributed by atoms with Crippen molar-refractivity contribution in [2.45, 2.75) is 19.8 Å². The second-order valence-corrected chi connectivity index (χ2v) is 5.37. The molecule has 3 aromatic rings. The van der Waals surface area contributed by atoms with Gasteiger partial charge in [-0.25, -0.2) is 4.98 Å². The molecule has 0 bridgehead atoms. The molecule has 2 heterocycles. The average molecular weight is 308 g/mol. The zero-order chi connectivity index (χ0) is 16.1. The van der Waals surface area contributed by atoms with Crippen LogP contribution in [0.3, 0.4) is 0 Å². The van der Waals surface area contributed by atoms with Crippen molar-refractivity contribution < 1.29 is 4.79 Å². The van der Waals surface area contributed by atoms with Crippen molar-refractivity contribution >= 4 is 28.3 Å². The normalized spacial score (nSPS) is 10.7. The molecule has 0 spiro atoms. The molecule has 5 nitrogen and oxygen atoms in total. The molecule has 1 aromatic carbocycles. The Morgan fingerprint density at radius 3 is 2.87 bits per heavy atom. The van der Waals surface area contributed by atoms with Crippen LogP contribution in [0.5, 0.6) is 0 Å². The number of fused-ring (bicyclic) bond motifs is 1. The van der Waals surface area contributed by atoms with Gasteiger partial charge in [-0.3, -0.25) is 4.79 Å². The van der Waals surface area contributed by atoms with Crippen molar-refractivity contribution in [1.29, 1.82) is 0 Å². The Balaban J connectivity index is 1.55. The number of benzene rings is 1. The summed E-state index contributed by atoms with van der Waals surface area (Å²) in [6.45, 7) is 2.64. The molecule has 118 valence electrons. The molecule has 0 atom stereocenters. The molecule has 0 unspecified atom stereocenters. The second kappa shape index (κ2) is 6.96. The minimum Gasteiger partial charge on any atom is -0.383 e. The summed E-state index contributed by atoms with van der Waals surface area (Å²) in [4.78, 5) is 18.8. The third kappa shape index (κ3) is 3.69. The van der Waals surface area contributed by atoms with E-state index < -0.39 is 0 Å². The molecular formula is C18H20N4O. The van der Waals surface area contributed by atoms with Crippen LogP contribution in [0.1, 0.15) is 18.9 Å². The predicted molar refractivity (Wildman–Crippen MR) is 93.7 cm³/mol. The average Bonchev–Trinajstić information content (AvgIpc) is 3.00. The number of aromatic nitrogens is 2. The third-order valence-electron chi connectivity index (χ3n) is 3.75. The van der Waals surface area contributed by atoms with Crippen LogP contribution in [-0.4, -0.2) is 22.4 Å². The number of aromatic amines is 1. The van der Waals surface area contributed by atoms with E-state index in [9.17, 15) is 4.79 Å². The Labute approximate surface area is 135 Å². The molecule has 0 saturated heterocycles. The summed E-state index contributed by atoms with van der Waals surface area (Å²) in [6.07, 6.45) is 5.18. The Morgan fingerprint density at radius 2 is 2.09 bits per heavy atom. The van der Waals surface area contributed by atoms with Gasteiger partial charge in [0.1, 0.15) is 5.82 Å². The second-order valence-electron chi connectivity index (χ2n) is 5.37. The highest BCUT2D eigenvalue weighted by molar-refractivity contribution is 5.89. The van der Waals surface area contributed by atoms with Crippen LogP contribution < -0.4 is 10.6 Å². The van der Waals surface area contributed by atoms with Gasteiger partial charge in [0.2, 0.25) is 5.91 Å². The molecular weight excluding hydrogens is 288 g/mol. The fraction of sp³-hybridized carbons (Fsp3) is 0.222. The summed E-state index contributed by atoms with van der Waals surface area (Å²) < 4.78 is 0. The lowest BCUT2D eigenvalue weighted by Gasteiger charge is -2.07. The molecule has 0 saturated carbocycles. The molecule has 0 fully saturated rings. The number of nitrogens with zero attached hydrogens (tertiary/aromatic N) is 1. The van der Waals surface area contributed by atoms with Crippen molar-refractivity contribution in [2.24, 2.45) is 0 Å². The van der Waals surface area contributed by atoms with Crippen LogP contribution in [0.15, 0.2) is 48.8 Å². The SMILES string of the molecule is CCC(=O)Nc1ccc(NCCc2c[nH]c3ccccc23)cn1. The largest absolute Gasteiger partial charge is 0.383 e. The van der Waals surface area contributed by atoms with Gasteiger partial charge in [-0.15, -0.1) is 0 Å². The minimum atomic E-state index is -0.0301. The van der Waals surface area contributed by atoms with E-state index in [1.54, 1.807) is 6.20 Å². The Morgan fingerprint density at radius 1 is 1.22 bits per heavy atom. The quantitative estimate of drug-likeness (QED) is 0.652. The molecule has 0 radical (unpaired) electrons. The van der Waals surface area contributed by atoms with Gasteiger partial charge in [0.25, 0.3) is 0 Å².